The third kappa shape index (κ3) is 5.83. The van der Waals surface area contributed by atoms with Gasteiger partial charge in [0, 0.05) is 24.7 Å². The Morgan fingerprint density at radius 2 is 1.93 bits per heavy atom. The van der Waals surface area contributed by atoms with Crippen LogP contribution in [0.4, 0.5) is 0 Å². The van der Waals surface area contributed by atoms with Crippen molar-refractivity contribution in [2.75, 3.05) is 19.6 Å². The summed E-state index contributed by atoms with van der Waals surface area (Å²) in [5.74, 6) is 0.715. The molecule has 2 aromatic carbocycles. The molecular weight excluding hydrogens is 336 g/mol. The number of carbonyl (C=O) groups is 1. The first kappa shape index (κ1) is 19.4. The van der Waals surface area contributed by atoms with Crippen LogP contribution in [0.1, 0.15) is 47.7 Å². The molecule has 1 saturated heterocycles. The van der Waals surface area contributed by atoms with Gasteiger partial charge in [0.05, 0.1) is 0 Å². The quantitative estimate of drug-likeness (QED) is 0.799. The van der Waals surface area contributed by atoms with Crippen LogP contribution in [0.5, 0.6) is 5.75 Å². The van der Waals surface area contributed by atoms with Crippen LogP contribution in [0.15, 0.2) is 48.5 Å². The number of piperidine rings is 1. The van der Waals surface area contributed by atoms with E-state index in [1.54, 1.807) is 0 Å². The summed E-state index contributed by atoms with van der Waals surface area (Å²) < 4.78 is 5.88. The lowest BCUT2D eigenvalue weighted by Crippen LogP contribution is -2.44. The smallest absolute Gasteiger partial charge is 0.251 e. The van der Waals surface area contributed by atoms with Gasteiger partial charge in [-0.05, 0) is 56.5 Å². The van der Waals surface area contributed by atoms with Crippen LogP contribution in [0, 0.1) is 6.92 Å². The number of amides is 1. The maximum Gasteiger partial charge on any atom is 0.251 e. The molecule has 0 unspecified atom stereocenters. The normalized spacial score (nSPS) is 15.5. The lowest BCUT2D eigenvalue weighted by Gasteiger charge is -2.32. The number of nitrogens with one attached hydrogen (secondary N) is 1. The van der Waals surface area contributed by atoms with Crippen molar-refractivity contribution in [3.8, 4) is 5.75 Å². The minimum absolute atomic E-state index is 0.00931. The van der Waals surface area contributed by atoms with Crippen molar-refractivity contribution in [1.29, 1.82) is 0 Å². The van der Waals surface area contributed by atoms with Crippen molar-refractivity contribution in [3.05, 3.63) is 65.2 Å². The van der Waals surface area contributed by atoms with Gasteiger partial charge in [0.15, 0.2) is 0 Å². The fourth-order valence-corrected chi connectivity index (χ4v) is 3.58. The first-order valence-electron chi connectivity index (χ1n) is 9.95. The number of likely N-dealkylation sites (tertiary alicyclic amines) is 1. The molecule has 1 amide bonds. The van der Waals surface area contributed by atoms with Crippen LogP contribution in [0.25, 0.3) is 0 Å². The van der Waals surface area contributed by atoms with E-state index in [2.05, 4.69) is 42.3 Å². The largest absolute Gasteiger partial charge is 0.489 e. The number of nitrogens with zero attached hydrogens (tertiary/aromatic N) is 1. The zero-order valence-corrected chi connectivity index (χ0v) is 16.4. The summed E-state index contributed by atoms with van der Waals surface area (Å²) >= 11 is 0. The van der Waals surface area contributed by atoms with Crippen molar-refractivity contribution in [1.82, 2.24) is 10.2 Å². The Morgan fingerprint density at radius 3 is 2.67 bits per heavy atom. The Hall–Kier alpha value is -2.33. The highest BCUT2D eigenvalue weighted by atomic mass is 16.5. The number of ether oxygens (including phenoxy) is 1. The molecule has 4 nitrogen and oxygen atoms in total. The van der Waals surface area contributed by atoms with Gasteiger partial charge in [-0.1, -0.05) is 42.8 Å². The number of aryl methyl sites for hydroxylation is 1. The summed E-state index contributed by atoms with van der Waals surface area (Å²) in [5, 5.41) is 3.19. The van der Waals surface area contributed by atoms with E-state index in [0.717, 1.165) is 43.8 Å². The molecule has 1 fully saturated rings. The molecule has 1 aliphatic rings. The second-order valence-electron chi connectivity index (χ2n) is 7.39. The number of benzene rings is 2. The van der Waals surface area contributed by atoms with Crippen molar-refractivity contribution in [2.45, 2.75) is 45.8 Å². The number of hydrogen-bond donors (Lipinski definition) is 1. The van der Waals surface area contributed by atoms with Crippen LogP contribution in [-0.2, 0) is 6.61 Å². The summed E-state index contributed by atoms with van der Waals surface area (Å²) in [6, 6.07) is 16.0. The third-order valence-electron chi connectivity index (χ3n) is 5.05. The van der Waals surface area contributed by atoms with Gasteiger partial charge in [0.1, 0.15) is 12.4 Å². The number of hydrogen-bond acceptors (Lipinski definition) is 3. The highest BCUT2D eigenvalue weighted by Crippen LogP contribution is 2.17. The maximum atomic E-state index is 12.6. The van der Waals surface area contributed by atoms with Crippen LogP contribution in [0.3, 0.4) is 0 Å². The van der Waals surface area contributed by atoms with Gasteiger partial charge in [0.2, 0.25) is 0 Å². The van der Waals surface area contributed by atoms with Crippen LogP contribution < -0.4 is 10.1 Å². The highest BCUT2D eigenvalue weighted by molar-refractivity contribution is 5.94. The molecule has 144 valence electrons. The minimum Gasteiger partial charge on any atom is -0.489 e. The molecular formula is C23H30N2O2. The first-order valence-corrected chi connectivity index (χ1v) is 9.95. The zero-order valence-electron chi connectivity index (χ0n) is 16.4. The van der Waals surface area contributed by atoms with Crippen LogP contribution in [0.2, 0.25) is 0 Å². The molecule has 1 aliphatic heterocycles. The Morgan fingerprint density at radius 1 is 1.15 bits per heavy atom. The second kappa shape index (κ2) is 9.56. The molecule has 27 heavy (non-hydrogen) atoms. The highest BCUT2D eigenvalue weighted by Gasteiger charge is 2.20. The molecule has 4 heteroatoms. The van der Waals surface area contributed by atoms with E-state index in [4.69, 9.17) is 4.74 Å². The standard InChI is InChI=1S/C23H30N2O2/c1-3-12-25-13-10-21(11-14-25)24-23(26)20-8-5-9-22(16-20)27-17-19-7-4-6-18(2)15-19/h4-9,15-16,21H,3,10-14,17H2,1-2H3,(H,24,26). The molecule has 0 aliphatic carbocycles. The first-order chi connectivity index (χ1) is 13.1. The Labute approximate surface area is 162 Å². The maximum absolute atomic E-state index is 12.6. The predicted molar refractivity (Wildman–Crippen MR) is 109 cm³/mol. The van der Waals surface area contributed by atoms with E-state index in [1.165, 1.54) is 12.0 Å². The van der Waals surface area contributed by atoms with E-state index in [-0.39, 0.29) is 11.9 Å². The molecule has 0 saturated carbocycles. The van der Waals surface area contributed by atoms with Gasteiger partial charge >= 0.3 is 0 Å². The summed E-state index contributed by atoms with van der Waals surface area (Å²) in [4.78, 5) is 15.1. The number of carbonyl (C=O) groups excluding carboxylic acids is 1. The van der Waals surface area contributed by atoms with Crippen LogP contribution >= 0.6 is 0 Å². The molecule has 1 heterocycles. The Balaban J connectivity index is 1.53. The summed E-state index contributed by atoms with van der Waals surface area (Å²) in [7, 11) is 0. The predicted octanol–water partition coefficient (Wildman–Crippen LogP) is 4.18. The fraction of sp³-hybridized carbons (Fsp3) is 0.435. The van der Waals surface area contributed by atoms with Gasteiger partial charge < -0.3 is 15.0 Å². The molecule has 3 rings (SSSR count). The summed E-state index contributed by atoms with van der Waals surface area (Å²) in [6.45, 7) is 8.07. The average Bonchev–Trinajstić information content (AvgIpc) is 2.68. The van der Waals surface area contributed by atoms with Gasteiger partial charge in [-0.2, -0.15) is 0 Å². The van der Waals surface area contributed by atoms with Gasteiger partial charge in [-0.3, -0.25) is 4.79 Å². The van der Waals surface area contributed by atoms with E-state index < -0.39 is 0 Å². The topological polar surface area (TPSA) is 41.6 Å². The lowest BCUT2D eigenvalue weighted by atomic mass is 10.0. The van der Waals surface area contributed by atoms with Crippen LogP contribution in [-0.4, -0.2) is 36.5 Å². The van der Waals surface area contributed by atoms with Gasteiger partial charge in [0.25, 0.3) is 5.91 Å². The van der Waals surface area contributed by atoms with E-state index in [0.29, 0.717) is 12.2 Å². The molecule has 0 atom stereocenters. The summed E-state index contributed by atoms with van der Waals surface area (Å²) in [5.41, 5.74) is 3.01. The summed E-state index contributed by atoms with van der Waals surface area (Å²) in [6.07, 6.45) is 3.23. The molecule has 0 bridgehead atoms. The molecule has 0 spiro atoms. The Bertz CT molecular complexity index is 752. The Kier molecular flexibility index (Phi) is 6.88. The van der Waals surface area contributed by atoms with Gasteiger partial charge in [-0.15, -0.1) is 0 Å². The van der Waals surface area contributed by atoms with Crippen molar-refractivity contribution >= 4 is 5.91 Å². The molecule has 0 radical (unpaired) electrons. The van der Waals surface area contributed by atoms with Gasteiger partial charge in [-0.25, -0.2) is 0 Å². The van der Waals surface area contributed by atoms with E-state index >= 15 is 0 Å². The SMILES string of the molecule is CCCN1CCC(NC(=O)c2cccc(OCc3cccc(C)c3)c2)CC1. The fourth-order valence-electron chi connectivity index (χ4n) is 3.58. The van der Waals surface area contributed by atoms with Crippen molar-refractivity contribution < 1.29 is 9.53 Å². The molecule has 0 aromatic heterocycles. The molecule has 2 aromatic rings. The monoisotopic (exact) mass is 366 g/mol. The molecule has 1 N–H and O–H groups in total. The van der Waals surface area contributed by atoms with E-state index in [1.807, 2.05) is 30.3 Å². The lowest BCUT2D eigenvalue weighted by molar-refractivity contribution is 0.0910. The second-order valence-corrected chi connectivity index (χ2v) is 7.39. The van der Waals surface area contributed by atoms with Crippen molar-refractivity contribution in [3.63, 3.8) is 0 Å². The third-order valence-corrected chi connectivity index (χ3v) is 5.05. The zero-order chi connectivity index (χ0) is 19.1. The average molecular weight is 367 g/mol. The van der Waals surface area contributed by atoms with Crippen molar-refractivity contribution in [2.24, 2.45) is 0 Å². The number of rotatable bonds is 7. The minimum atomic E-state index is -0.00931. The van der Waals surface area contributed by atoms with E-state index in [9.17, 15) is 4.79 Å².